The van der Waals surface area contributed by atoms with Crippen molar-refractivity contribution < 1.29 is 14.0 Å². The Bertz CT molecular complexity index is 1130. The normalized spacial score (nSPS) is 19.9. The third kappa shape index (κ3) is 3.98. The molecule has 0 saturated carbocycles. The van der Waals surface area contributed by atoms with Gasteiger partial charge in [0.2, 0.25) is 5.91 Å². The monoisotopic (exact) mass is 434 g/mol. The van der Waals surface area contributed by atoms with Crippen LogP contribution in [-0.4, -0.2) is 62.0 Å². The molecule has 8 nitrogen and oxygen atoms in total. The van der Waals surface area contributed by atoms with E-state index in [4.69, 9.17) is 0 Å². The zero-order valence-electron chi connectivity index (χ0n) is 17.5. The number of rotatable bonds is 5. The molecule has 2 aromatic heterocycles. The minimum absolute atomic E-state index is 0.0643. The molecule has 0 spiro atoms. The zero-order chi connectivity index (χ0) is 22.1. The number of aromatic nitrogens is 4. The highest BCUT2D eigenvalue weighted by molar-refractivity contribution is 6.05. The number of carbonyl (C=O) groups is 2. The average molecular weight is 434 g/mol. The van der Waals surface area contributed by atoms with Gasteiger partial charge in [0.05, 0.1) is 31.7 Å². The topological polar surface area (TPSA) is 84.2 Å². The van der Waals surface area contributed by atoms with Crippen molar-refractivity contribution in [3.63, 3.8) is 0 Å². The van der Waals surface area contributed by atoms with Gasteiger partial charge in [-0.3, -0.25) is 14.6 Å². The summed E-state index contributed by atoms with van der Waals surface area (Å²) >= 11 is 0. The smallest absolute Gasteiger partial charge is 0.280 e. The molecule has 0 bridgehead atoms. The standard InChI is InChI=1S/C23H23FN6O2/c24-18-11-19(30(13-18)22(31)10-16-4-3-8-25-12-16)14-28-15-20(26-27-28)23(32)29-9-7-17-5-1-2-6-21(17)29/h1-6,8,12,15,18-19H,7,9-11,13-14H2. The predicted octanol–water partition coefficient (Wildman–Crippen LogP) is 2.06. The highest BCUT2D eigenvalue weighted by Gasteiger charge is 2.36. The number of hydrogen-bond donors (Lipinski definition) is 0. The summed E-state index contributed by atoms with van der Waals surface area (Å²) in [6.45, 7) is 0.957. The molecule has 9 heteroatoms. The quantitative estimate of drug-likeness (QED) is 0.614. The van der Waals surface area contributed by atoms with E-state index in [0.29, 0.717) is 6.54 Å². The highest BCUT2D eigenvalue weighted by Crippen LogP contribution is 2.28. The lowest BCUT2D eigenvalue weighted by Gasteiger charge is -2.24. The van der Waals surface area contributed by atoms with Gasteiger partial charge in [-0.05, 0) is 29.7 Å². The summed E-state index contributed by atoms with van der Waals surface area (Å²) < 4.78 is 15.7. The van der Waals surface area contributed by atoms with Crippen molar-refractivity contribution in [2.75, 3.05) is 18.0 Å². The van der Waals surface area contributed by atoms with Crippen LogP contribution in [0.5, 0.6) is 0 Å². The van der Waals surface area contributed by atoms with Crippen LogP contribution in [0.25, 0.3) is 0 Å². The van der Waals surface area contributed by atoms with Gasteiger partial charge >= 0.3 is 0 Å². The van der Waals surface area contributed by atoms with E-state index in [1.54, 1.807) is 34.5 Å². The molecule has 1 saturated heterocycles. The SMILES string of the molecule is O=C(c1cn(CC2CC(F)CN2C(=O)Cc2cccnc2)nn1)N1CCc2ccccc21. The first-order chi connectivity index (χ1) is 15.6. The summed E-state index contributed by atoms with van der Waals surface area (Å²) in [4.78, 5) is 33.1. The maximum atomic E-state index is 14.2. The molecule has 2 unspecified atom stereocenters. The fraction of sp³-hybridized carbons (Fsp3) is 0.348. The van der Waals surface area contributed by atoms with Crippen molar-refractivity contribution in [3.8, 4) is 0 Å². The van der Waals surface area contributed by atoms with Gasteiger partial charge in [0.25, 0.3) is 5.91 Å². The van der Waals surface area contributed by atoms with E-state index in [0.717, 1.165) is 23.2 Å². The van der Waals surface area contributed by atoms with E-state index in [1.165, 1.54) is 4.68 Å². The number of benzene rings is 1. The predicted molar refractivity (Wildman–Crippen MR) is 115 cm³/mol. The van der Waals surface area contributed by atoms with E-state index >= 15 is 0 Å². The van der Waals surface area contributed by atoms with Crippen molar-refractivity contribution in [2.45, 2.75) is 38.0 Å². The van der Waals surface area contributed by atoms with Crippen LogP contribution in [0.2, 0.25) is 0 Å². The number of fused-ring (bicyclic) bond motifs is 1. The molecule has 0 radical (unpaired) electrons. The molecular weight excluding hydrogens is 411 g/mol. The van der Waals surface area contributed by atoms with Gasteiger partial charge in [-0.1, -0.05) is 29.5 Å². The number of alkyl halides is 1. The molecule has 164 valence electrons. The lowest BCUT2D eigenvalue weighted by atomic mass is 10.1. The van der Waals surface area contributed by atoms with Gasteiger partial charge in [0.1, 0.15) is 6.17 Å². The fourth-order valence-electron chi connectivity index (χ4n) is 4.51. The van der Waals surface area contributed by atoms with Crippen molar-refractivity contribution in [3.05, 3.63) is 71.8 Å². The minimum atomic E-state index is -1.08. The Hall–Kier alpha value is -3.62. The van der Waals surface area contributed by atoms with E-state index in [9.17, 15) is 14.0 Å². The number of likely N-dealkylation sites (tertiary alicyclic amines) is 1. The summed E-state index contributed by atoms with van der Waals surface area (Å²) in [6, 6.07) is 11.1. The summed E-state index contributed by atoms with van der Waals surface area (Å²) in [5.74, 6) is -0.353. The van der Waals surface area contributed by atoms with Gasteiger partial charge < -0.3 is 9.80 Å². The molecular formula is C23H23FN6O2. The van der Waals surface area contributed by atoms with Crippen LogP contribution in [0.4, 0.5) is 10.1 Å². The second-order valence-electron chi connectivity index (χ2n) is 8.23. The first-order valence-electron chi connectivity index (χ1n) is 10.7. The summed E-state index contributed by atoms with van der Waals surface area (Å²) in [6.07, 6.45) is 5.01. The molecule has 0 N–H and O–H groups in total. The summed E-state index contributed by atoms with van der Waals surface area (Å²) in [5.41, 5.74) is 3.06. The minimum Gasteiger partial charge on any atom is -0.335 e. The third-order valence-corrected chi connectivity index (χ3v) is 6.05. The van der Waals surface area contributed by atoms with Crippen molar-refractivity contribution in [1.29, 1.82) is 0 Å². The molecule has 4 heterocycles. The molecule has 5 rings (SSSR count). The Morgan fingerprint density at radius 1 is 1.16 bits per heavy atom. The zero-order valence-corrected chi connectivity index (χ0v) is 17.5. The van der Waals surface area contributed by atoms with Crippen LogP contribution in [0.15, 0.2) is 55.0 Å². The molecule has 2 aliphatic rings. The summed E-state index contributed by atoms with van der Waals surface area (Å²) in [7, 11) is 0. The van der Waals surface area contributed by atoms with Crippen LogP contribution < -0.4 is 4.90 Å². The van der Waals surface area contributed by atoms with Crippen LogP contribution in [0.3, 0.4) is 0 Å². The summed E-state index contributed by atoms with van der Waals surface area (Å²) in [5, 5.41) is 8.13. The van der Waals surface area contributed by atoms with Gasteiger partial charge in [-0.25, -0.2) is 9.07 Å². The average Bonchev–Trinajstić information content (AvgIpc) is 3.53. The lowest BCUT2D eigenvalue weighted by molar-refractivity contribution is -0.131. The molecule has 32 heavy (non-hydrogen) atoms. The van der Waals surface area contributed by atoms with E-state index in [1.807, 2.05) is 30.3 Å². The number of carbonyl (C=O) groups excluding carboxylic acids is 2. The Balaban J connectivity index is 1.27. The molecule has 1 aromatic carbocycles. The van der Waals surface area contributed by atoms with Crippen molar-refractivity contribution in [1.82, 2.24) is 24.9 Å². The third-order valence-electron chi connectivity index (χ3n) is 6.05. The maximum Gasteiger partial charge on any atom is 0.280 e. The Morgan fingerprint density at radius 2 is 2.03 bits per heavy atom. The number of anilines is 1. The number of para-hydroxylation sites is 1. The number of nitrogens with zero attached hydrogens (tertiary/aromatic N) is 6. The lowest BCUT2D eigenvalue weighted by Crippen LogP contribution is -2.39. The Morgan fingerprint density at radius 3 is 2.88 bits per heavy atom. The molecule has 3 aromatic rings. The number of hydrogen-bond acceptors (Lipinski definition) is 5. The molecule has 0 aliphatic carbocycles. The maximum absolute atomic E-state index is 14.2. The van der Waals surface area contributed by atoms with Crippen LogP contribution >= 0.6 is 0 Å². The van der Waals surface area contributed by atoms with Gasteiger partial charge in [0.15, 0.2) is 5.69 Å². The Labute approximate surface area is 184 Å². The van der Waals surface area contributed by atoms with Gasteiger partial charge in [-0.15, -0.1) is 5.10 Å². The van der Waals surface area contributed by atoms with E-state index in [2.05, 4.69) is 15.3 Å². The second-order valence-corrected chi connectivity index (χ2v) is 8.23. The van der Waals surface area contributed by atoms with Crippen LogP contribution in [0.1, 0.15) is 28.0 Å². The van der Waals surface area contributed by atoms with Crippen molar-refractivity contribution in [2.24, 2.45) is 0 Å². The number of amides is 2. The molecule has 1 fully saturated rings. The van der Waals surface area contributed by atoms with Crippen LogP contribution in [0, 0.1) is 0 Å². The fourth-order valence-corrected chi connectivity index (χ4v) is 4.51. The largest absolute Gasteiger partial charge is 0.335 e. The van der Waals surface area contributed by atoms with Crippen molar-refractivity contribution >= 4 is 17.5 Å². The highest BCUT2D eigenvalue weighted by atomic mass is 19.1. The number of halogens is 1. The van der Waals surface area contributed by atoms with Gasteiger partial charge in [0, 0.05) is 31.0 Å². The second kappa shape index (κ2) is 8.49. The van der Waals surface area contributed by atoms with E-state index in [-0.39, 0.29) is 49.5 Å². The van der Waals surface area contributed by atoms with Gasteiger partial charge in [-0.2, -0.15) is 0 Å². The van der Waals surface area contributed by atoms with E-state index < -0.39 is 6.17 Å². The molecule has 2 aliphatic heterocycles. The first-order valence-corrected chi connectivity index (χ1v) is 10.7. The molecule has 2 amide bonds. The molecule has 2 atom stereocenters. The number of pyridine rings is 1. The Kier molecular flexibility index (Phi) is 5.38. The first kappa shape index (κ1) is 20.3. The van der Waals surface area contributed by atoms with Crippen LogP contribution in [-0.2, 0) is 24.2 Å².